The summed E-state index contributed by atoms with van der Waals surface area (Å²) in [5, 5.41) is 11.2. The SMILES string of the molecule is CNC(c1ccc(C)cc1OC)c1cnnn1C. The van der Waals surface area contributed by atoms with Crippen LogP contribution < -0.4 is 10.1 Å². The molecule has 1 aromatic heterocycles. The van der Waals surface area contributed by atoms with Gasteiger partial charge in [0.25, 0.3) is 0 Å². The molecular weight excluding hydrogens is 228 g/mol. The van der Waals surface area contributed by atoms with Crippen molar-refractivity contribution < 1.29 is 4.74 Å². The van der Waals surface area contributed by atoms with Crippen molar-refractivity contribution in [1.29, 1.82) is 0 Å². The van der Waals surface area contributed by atoms with Crippen molar-refractivity contribution in [3.05, 3.63) is 41.2 Å². The van der Waals surface area contributed by atoms with Crippen molar-refractivity contribution in [2.45, 2.75) is 13.0 Å². The predicted octanol–water partition coefficient (Wildman–Crippen LogP) is 1.44. The quantitative estimate of drug-likeness (QED) is 0.887. The molecule has 1 heterocycles. The Hall–Kier alpha value is -1.88. The number of nitrogens with zero attached hydrogens (tertiary/aromatic N) is 3. The number of benzene rings is 1. The smallest absolute Gasteiger partial charge is 0.124 e. The highest BCUT2D eigenvalue weighted by molar-refractivity contribution is 5.42. The molecule has 0 bridgehead atoms. The van der Waals surface area contributed by atoms with Gasteiger partial charge < -0.3 is 10.1 Å². The second kappa shape index (κ2) is 5.18. The zero-order valence-electron chi connectivity index (χ0n) is 11.1. The Morgan fingerprint density at radius 2 is 2.17 bits per heavy atom. The summed E-state index contributed by atoms with van der Waals surface area (Å²) < 4.78 is 7.22. The molecule has 0 spiro atoms. The minimum Gasteiger partial charge on any atom is -0.496 e. The molecule has 0 saturated carbocycles. The number of methoxy groups -OCH3 is 1. The van der Waals surface area contributed by atoms with E-state index < -0.39 is 0 Å². The van der Waals surface area contributed by atoms with E-state index in [0.29, 0.717) is 0 Å². The Kier molecular flexibility index (Phi) is 3.62. The van der Waals surface area contributed by atoms with Crippen LogP contribution in [0.25, 0.3) is 0 Å². The van der Waals surface area contributed by atoms with Crippen LogP contribution in [-0.4, -0.2) is 29.2 Å². The van der Waals surface area contributed by atoms with Crippen LogP contribution in [-0.2, 0) is 7.05 Å². The lowest BCUT2D eigenvalue weighted by atomic mass is 10.0. The fraction of sp³-hybridized carbons (Fsp3) is 0.385. The highest BCUT2D eigenvalue weighted by Gasteiger charge is 2.19. The lowest BCUT2D eigenvalue weighted by molar-refractivity contribution is 0.403. The van der Waals surface area contributed by atoms with Gasteiger partial charge in [0.05, 0.1) is 25.0 Å². The molecule has 5 nitrogen and oxygen atoms in total. The minimum absolute atomic E-state index is 0.0144. The second-order valence-electron chi connectivity index (χ2n) is 4.25. The monoisotopic (exact) mass is 246 g/mol. The summed E-state index contributed by atoms with van der Waals surface area (Å²) in [5.74, 6) is 0.871. The molecule has 1 unspecified atom stereocenters. The molecule has 1 atom stereocenters. The van der Waals surface area contributed by atoms with Crippen LogP contribution in [0.1, 0.15) is 22.9 Å². The van der Waals surface area contributed by atoms with Crippen LogP contribution in [0.5, 0.6) is 5.75 Å². The Morgan fingerprint density at radius 3 is 2.72 bits per heavy atom. The van der Waals surface area contributed by atoms with Crippen LogP contribution in [0.15, 0.2) is 24.4 Å². The average molecular weight is 246 g/mol. The molecule has 2 aromatic rings. The third-order valence-electron chi connectivity index (χ3n) is 3.03. The van der Waals surface area contributed by atoms with Gasteiger partial charge in [0.1, 0.15) is 5.75 Å². The lowest BCUT2D eigenvalue weighted by Gasteiger charge is -2.19. The Bertz CT molecular complexity index is 536. The number of nitrogens with one attached hydrogen (secondary N) is 1. The van der Waals surface area contributed by atoms with Gasteiger partial charge in [-0.15, -0.1) is 5.10 Å². The van der Waals surface area contributed by atoms with Gasteiger partial charge in [0, 0.05) is 12.6 Å². The van der Waals surface area contributed by atoms with Crippen LogP contribution in [0.2, 0.25) is 0 Å². The molecule has 96 valence electrons. The number of hydrogen-bond donors (Lipinski definition) is 1. The molecule has 0 radical (unpaired) electrons. The molecule has 0 aliphatic heterocycles. The van der Waals surface area contributed by atoms with E-state index in [1.54, 1.807) is 18.0 Å². The summed E-state index contributed by atoms with van der Waals surface area (Å²) in [5.41, 5.74) is 3.25. The van der Waals surface area contributed by atoms with Gasteiger partial charge in [-0.3, -0.25) is 4.68 Å². The van der Waals surface area contributed by atoms with Gasteiger partial charge in [0.15, 0.2) is 0 Å². The van der Waals surface area contributed by atoms with Gasteiger partial charge in [0.2, 0.25) is 0 Å². The first-order valence-corrected chi connectivity index (χ1v) is 5.83. The maximum Gasteiger partial charge on any atom is 0.124 e. The molecule has 0 amide bonds. The van der Waals surface area contributed by atoms with Gasteiger partial charge in [-0.05, 0) is 25.6 Å². The maximum absolute atomic E-state index is 5.46. The van der Waals surface area contributed by atoms with E-state index in [1.807, 2.05) is 27.1 Å². The molecule has 0 saturated heterocycles. The Labute approximate surface area is 107 Å². The van der Waals surface area contributed by atoms with Gasteiger partial charge >= 0.3 is 0 Å². The molecule has 5 heteroatoms. The summed E-state index contributed by atoms with van der Waals surface area (Å²) in [4.78, 5) is 0. The van der Waals surface area contributed by atoms with Crippen LogP contribution in [0.3, 0.4) is 0 Å². The predicted molar refractivity (Wildman–Crippen MR) is 69.6 cm³/mol. The van der Waals surface area contributed by atoms with E-state index in [1.165, 1.54) is 5.56 Å². The topological polar surface area (TPSA) is 52.0 Å². The zero-order chi connectivity index (χ0) is 13.1. The fourth-order valence-corrected chi connectivity index (χ4v) is 2.08. The summed E-state index contributed by atoms with van der Waals surface area (Å²) in [6, 6.07) is 6.19. The Balaban J connectivity index is 2.48. The average Bonchev–Trinajstić information content (AvgIpc) is 2.78. The lowest BCUT2D eigenvalue weighted by Crippen LogP contribution is -2.21. The third-order valence-corrected chi connectivity index (χ3v) is 3.03. The van der Waals surface area contributed by atoms with Crippen molar-refractivity contribution in [2.75, 3.05) is 14.2 Å². The minimum atomic E-state index is 0.0144. The number of aryl methyl sites for hydroxylation is 2. The number of ether oxygens (including phenoxy) is 1. The second-order valence-corrected chi connectivity index (χ2v) is 4.25. The fourth-order valence-electron chi connectivity index (χ4n) is 2.08. The van der Waals surface area contributed by atoms with E-state index in [-0.39, 0.29) is 6.04 Å². The summed E-state index contributed by atoms with van der Waals surface area (Å²) in [7, 11) is 5.48. The van der Waals surface area contributed by atoms with E-state index >= 15 is 0 Å². The molecule has 0 fully saturated rings. The molecule has 0 aliphatic rings. The van der Waals surface area contributed by atoms with Crippen LogP contribution >= 0.6 is 0 Å². The standard InChI is InChI=1S/C13H18N4O/c1-9-5-6-10(12(7-9)18-4)13(14-2)11-8-15-16-17(11)3/h5-8,13-14H,1-4H3. The van der Waals surface area contributed by atoms with E-state index in [0.717, 1.165) is 17.0 Å². The van der Waals surface area contributed by atoms with Crippen LogP contribution in [0.4, 0.5) is 0 Å². The normalized spacial score (nSPS) is 12.4. The van der Waals surface area contributed by atoms with Gasteiger partial charge in [-0.1, -0.05) is 17.3 Å². The first-order chi connectivity index (χ1) is 8.67. The van der Waals surface area contributed by atoms with E-state index in [9.17, 15) is 0 Å². The first-order valence-electron chi connectivity index (χ1n) is 5.83. The van der Waals surface area contributed by atoms with Crippen molar-refractivity contribution >= 4 is 0 Å². The van der Waals surface area contributed by atoms with Gasteiger partial charge in [-0.25, -0.2) is 0 Å². The van der Waals surface area contributed by atoms with E-state index in [4.69, 9.17) is 4.74 Å². The summed E-state index contributed by atoms with van der Waals surface area (Å²) in [6.07, 6.45) is 1.76. The Morgan fingerprint density at radius 1 is 1.39 bits per heavy atom. The molecule has 18 heavy (non-hydrogen) atoms. The van der Waals surface area contributed by atoms with Crippen molar-refractivity contribution in [1.82, 2.24) is 20.3 Å². The van der Waals surface area contributed by atoms with E-state index in [2.05, 4.69) is 27.8 Å². The number of aromatic nitrogens is 3. The van der Waals surface area contributed by atoms with Crippen molar-refractivity contribution in [3.8, 4) is 5.75 Å². The highest BCUT2D eigenvalue weighted by atomic mass is 16.5. The first kappa shape index (κ1) is 12.6. The molecule has 1 N–H and O–H groups in total. The molecule has 2 rings (SSSR count). The molecule has 0 aliphatic carbocycles. The molecular formula is C13H18N4O. The largest absolute Gasteiger partial charge is 0.496 e. The number of rotatable bonds is 4. The zero-order valence-corrected chi connectivity index (χ0v) is 11.1. The number of hydrogen-bond acceptors (Lipinski definition) is 4. The van der Waals surface area contributed by atoms with Crippen LogP contribution in [0, 0.1) is 6.92 Å². The third kappa shape index (κ3) is 2.22. The van der Waals surface area contributed by atoms with Crippen molar-refractivity contribution in [3.63, 3.8) is 0 Å². The summed E-state index contributed by atoms with van der Waals surface area (Å²) in [6.45, 7) is 2.05. The maximum atomic E-state index is 5.46. The molecule has 1 aromatic carbocycles. The van der Waals surface area contributed by atoms with Crippen molar-refractivity contribution in [2.24, 2.45) is 7.05 Å². The highest BCUT2D eigenvalue weighted by Crippen LogP contribution is 2.29. The van der Waals surface area contributed by atoms with Gasteiger partial charge in [-0.2, -0.15) is 0 Å². The summed E-state index contributed by atoms with van der Waals surface area (Å²) >= 11 is 0.